The molecule has 194 valence electrons. The highest BCUT2D eigenvalue weighted by molar-refractivity contribution is 5.96. The second-order valence-electron chi connectivity index (χ2n) is 9.43. The fourth-order valence-electron chi connectivity index (χ4n) is 4.95. The van der Waals surface area contributed by atoms with Crippen molar-refractivity contribution in [3.63, 3.8) is 0 Å². The van der Waals surface area contributed by atoms with E-state index in [2.05, 4.69) is 20.5 Å². The first kappa shape index (κ1) is 26.1. The van der Waals surface area contributed by atoms with E-state index in [1.807, 2.05) is 12.1 Å². The number of hydrogen-bond donors (Lipinski definition) is 4. The number of rotatable bonds is 6. The van der Waals surface area contributed by atoms with Crippen molar-refractivity contribution in [2.24, 2.45) is 0 Å². The van der Waals surface area contributed by atoms with Gasteiger partial charge >= 0.3 is 6.18 Å². The Morgan fingerprint density at radius 2 is 1.86 bits per heavy atom. The number of nitrogens with zero attached hydrogens (tertiary/aromatic N) is 2. The van der Waals surface area contributed by atoms with Gasteiger partial charge in [0.1, 0.15) is 5.60 Å². The van der Waals surface area contributed by atoms with Crippen LogP contribution < -0.4 is 10.6 Å². The number of aliphatic hydroxyl groups excluding tert-OH is 1. The van der Waals surface area contributed by atoms with E-state index in [0.29, 0.717) is 44.5 Å². The van der Waals surface area contributed by atoms with Crippen LogP contribution in [0, 0.1) is 0 Å². The molecule has 4 N–H and O–H groups in total. The minimum Gasteiger partial charge on any atom is -0.390 e. The molecule has 0 bridgehead atoms. The number of hydrogen-bond acceptors (Lipinski definition) is 6. The van der Waals surface area contributed by atoms with Crippen molar-refractivity contribution in [3.05, 3.63) is 65.5 Å². The molecule has 2 fully saturated rings. The van der Waals surface area contributed by atoms with E-state index in [4.69, 9.17) is 0 Å². The predicted molar refractivity (Wildman–Crippen MR) is 124 cm³/mol. The van der Waals surface area contributed by atoms with Gasteiger partial charge in [-0.05, 0) is 56.0 Å². The number of alkyl halides is 3. The van der Waals surface area contributed by atoms with E-state index >= 15 is 0 Å². The largest absolute Gasteiger partial charge is 0.416 e. The van der Waals surface area contributed by atoms with Crippen LogP contribution in [0.5, 0.6) is 0 Å². The van der Waals surface area contributed by atoms with Gasteiger partial charge in [0, 0.05) is 30.9 Å². The number of halogens is 3. The van der Waals surface area contributed by atoms with Crippen LogP contribution in [0.3, 0.4) is 0 Å². The van der Waals surface area contributed by atoms with E-state index in [0.717, 1.165) is 18.2 Å². The summed E-state index contributed by atoms with van der Waals surface area (Å²) in [7, 11) is 0. The van der Waals surface area contributed by atoms with E-state index in [9.17, 15) is 33.0 Å². The molecule has 0 unspecified atom stereocenters. The molecule has 1 aromatic heterocycles. The number of aromatic nitrogens is 1. The van der Waals surface area contributed by atoms with Gasteiger partial charge in [-0.3, -0.25) is 19.5 Å². The van der Waals surface area contributed by atoms with Gasteiger partial charge in [-0.25, -0.2) is 0 Å². The van der Waals surface area contributed by atoms with Gasteiger partial charge in [0.2, 0.25) is 5.91 Å². The van der Waals surface area contributed by atoms with E-state index < -0.39 is 47.8 Å². The van der Waals surface area contributed by atoms with Crippen molar-refractivity contribution in [1.29, 1.82) is 0 Å². The van der Waals surface area contributed by atoms with Gasteiger partial charge in [-0.2, -0.15) is 13.2 Å². The van der Waals surface area contributed by atoms with Crippen LogP contribution in [-0.2, 0) is 16.6 Å². The van der Waals surface area contributed by atoms with Crippen molar-refractivity contribution in [3.8, 4) is 0 Å². The standard InChI is InChI=1S/C25H29F3N4O4/c26-25(27,28)17-5-3-4-16(12-17)23(35)30-13-22(34)31-19-14-32(15-20(19)33)18-7-9-24(36,10-8-18)21-6-1-2-11-29-21/h1-6,11-12,18-20,33,36H,7-10,13-15H2,(H,30,35)(H,31,34)/t18?,19-,20+,24?/m0/s1. The molecule has 1 aliphatic carbocycles. The highest BCUT2D eigenvalue weighted by Gasteiger charge is 2.41. The molecule has 1 saturated heterocycles. The first-order valence-electron chi connectivity index (χ1n) is 11.9. The molecule has 0 radical (unpaired) electrons. The Morgan fingerprint density at radius 1 is 1.11 bits per heavy atom. The molecule has 2 aliphatic rings. The maximum Gasteiger partial charge on any atom is 0.416 e. The predicted octanol–water partition coefficient (Wildman–Crippen LogP) is 1.82. The third kappa shape index (κ3) is 6.03. The first-order chi connectivity index (χ1) is 17.0. The lowest BCUT2D eigenvalue weighted by atomic mass is 9.79. The molecule has 4 rings (SSSR count). The van der Waals surface area contributed by atoms with Crippen LogP contribution in [-0.4, -0.2) is 69.7 Å². The summed E-state index contributed by atoms with van der Waals surface area (Å²) < 4.78 is 38.6. The third-order valence-corrected chi connectivity index (χ3v) is 6.97. The maximum atomic E-state index is 12.9. The molecule has 11 heteroatoms. The number of carbonyl (C=O) groups excluding carboxylic acids is 2. The van der Waals surface area contributed by atoms with Crippen LogP contribution in [0.4, 0.5) is 13.2 Å². The Bertz CT molecular complexity index is 1070. The quantitative estimate of drug-likeness (QED) is 0.475. The monoisotopic (exact) mass is 506 g/mol. The number of likely N-dealkylation sites (tertiary alicyclic amines) is 1. The average molecular weight is 507 g/mol. The number of β-amino-alcohol motifs (C(OH)–C–C–N with tert-alkyl or cyclic N) is 1. The second kappa shape index (κ2) is 10.5. The number of aliphatic hydroxyl groups is 2. The van der Waals surface area contributed by atoms with Crippen molar-refractivity contribution in [2.75, 3.05) is 19.6 Å². The van der Waals surface area contributed by atoms with Crippen molar-refractivity contribution < 1.29 is 33.0 Å². The molecule has 1 aromatic carbocycles. The van der Waals surface area contributed by atoms with Gasteiger partial charge in [0.05, 0.1) is 29.9 Å². The lowest BCUT2D eigenvalue weighted by Crippen LogP contribution is -2.47. The van der Waals surface area contributed by atoms with Crippen molar-refractivity contribution >= 4 is 11.8 Å². The van der Waals surface area contributed by atoms with Gasteiger partial charge in [0.15, 0.2) is 0 Å². The van der Waals surface area contributed by atoms with Crippen LogP contribution in [0.2, 0.25) is 0 Å². The van der Waals surface area contributed by atoms with Crippen LogP contribution in [0.1, 0.15) is 47.3 Å². The molecule has 1 aliphatic heterocycles. The summed E-state index contributed by atoms with van der Waals surface area (Å²) in [5.74, 6) is -1.35. The smallest absolute Gasteiger partial charge is 0.390 e. The minimum absolute atomic E-state index is 0.145. The summed E-state index contributed by atoms with van der Waals surface area (Å²) >= 11 is 0. The molecule has 8 nitrogen and oxygen atoms in total. The molecule has 1 saturated carbocycles. The van der Waals surface area contributed by atoms with E-state index in [1.54, 1.807) is 12.3 Å². The number of pyridine rings is 1. The molecular formula is C25H29F3N4O4. The number of amides is 2. The fraction of sp³-hybridized carbons (Fsp3) is 0.480. The minimum atomic E-state index is -4.58. The zero-order valence-electron chi connectivity index (χ0n) is 19.5. The fourth-order valence-corrected chi connectivity index (χ4v) is 4.95. The Labute approximate surface area is 206 Å². The summed E-state index contributed by atoms with van der Waals surface area (Å²) in [6, 6.07) is 9.02. The summed E-state index contributed by atoms with van der Waals surface area (Å²) in [5, 5.41) is 26.5. The zero-order chi connectivity index (χ0) is 25.9. The molecule has 2 atom stereocenters. The highest BCUT2D eigenvalue weighted by Crippen LogP contribution is 2.38. The Morgan fingerprint density at radius 3 is 2.53 bits per heavy atom. The molecule has 36 heavy (non-hydrogen) atoms. The Balaban J connectivity index is 1.25. The second-order valence-corrected chi connectivity index (χ2v) is 9.43. The molecule has 2 amide bonds. The zero-order valence-corrected chi connectivity index (χ0v) is 19.5. The summed E-state index contributed by atoms with van der Waals surface area (Å²) in [4.78, 5) is 30.9. The Hall–Kier alpha value is -3.02. The van der Waals surface area contributed by atoms with Gasteiger partial charge in [0.25, 0.3) is 5.91 Å². The molecule has 2 heterocycles. The topological polar surface area (TPSA) is 115 Å². The van der Waals surface area contributed by atoms with Gasteiger partial charge in [-0.1, -0.05) is 12.1 Å². The van der Waals surface area contributed by atoms with Gasteiger partial charge in [-0.15, -0.1) is 0 Å². The molecular weight excluding hydrogens is 477 g/mol. The first-order valence-corrected chi connectivity index (χ1v) is 11.9. The third-order valence-electron chi connectivity index (χ3n) is 6.97. The number of benzene rings is 1. The number of nitrogens with one attached hydrogen (secondary N) is 2. The van der Waals surface area contributed by atoms with Crippen molar-refractivity contribution in [1.82, 2.24) is 20.5 Å². The average Bonchev–Trinajstić information content (AvgIpc) is 3.22. The van der Waals surface area contributed by atoms with Crippen LogP contribution in [0.15, 0.2) is 48.7 Å². The highest BCUT2D eigenvalue weighted by atomic mass is 19.4. The van der Waals surface area contributed by atoms with E-state index in [1.165, 1.54) is 6.07 Å². The van der Waals surface area contributed by atoms with Crippen LogP contribution in [0.25, 0.3) is 0 Å². The SMILES string of the molecule is O=C(CNC(=O)c1cccc(C(F)(F)F)c1)N[C@H]1CN(C2CCC(O)(c3ccccn3)CC2)C[C@H]1O. The summed E-state index contributed by atoms with van der Waals surface area (Å²) in [6.07, 6.45) is -1.20. The van der Waals surface area contributed by atoms with Gasteiger partial charge < -0.3 is 20.8 Å². The Kier molecular flexibility index (Phi) is 7.62. The molecule has 2 aromatic rings. The number of carbonyl (C=O) groups is 2. The summed E-state index contributed by atoms with van der Waals surface area (Å²) in [5.41, 5.74) is -1.47. The van der Waals surface area contributed by atoms with E-state index in [-0.39, 0.29) is 11.6 Å². The lowest BCUT2D eigenvalue weighted by molar-refractivity contribution is -0.137. The lowest BCUT2D eigenvalue weighted by Gasteiger charge is -2.39. The maximum absolute atomic E-state index is 12.9. The normalized spacial score (nSPS) is 27.0. The summed E-state index contributed by atoms with van der Waals surface area (Å²) in [6.45, 7) is 0.355. The van der Waals surface area contributed by atoms with Crippen LogP contribution >= 0.6 is 0 Å². The van der Waals surface area contributed by atoms with Crippen molar-refractivity contribution in [2.45, 2.75) is 55.6 Å². The molecule has 0 spiro atoms.